The Labute approximate surface area is 202 Å². The molecule has 1 aromatic rings. The van der Waals surface area contributed by atoms with Gasteiger partial charge in [0.2, 0.25) is 0 Å². The molecule has 170 valence electrons. The van der Waals surface area contributed by atoms with Crippen LogP contribution in [-0.4, -0.2) is 66.7 Å². The number of carboxylic acid groups (broad SMARTS) is 1. The van der Waals surface area contributed by atoms with Crippen LogP contribution in [0.4, 0.5) is 5.13 Å². The minimum atomic E-state index is -1.26. The Morgan fingerprint density at radius 1 is 1.47 bits per heavy atom. The fraction of sp³-hybridized carbons (Fsp3) is 0.250. The van der Waals surface area contributed by atoms with Crippen LogP contribution in [0.1, 0.15) is 12.6 Å². The van der Waals surface area contributed by atoms with Gasteiger partial charge < -0.3 is 27.1 Å². The molecule has 0 spiro atoms. The molecule has 0 radical (unpaired) electrons. The summed E-state index contributed by atoms with van der Waals surface area (Å²) in [5.74, 6) is -2.06. The number of halogens is 1. The van der Waals surface area contributed by atoms with E-state index < -0.39 is 34.9 Å². The number of nitrogens with one attached hydrogen (secondary N) is 1. The van der Waals surface area contributed by atoms with Crippen molar-refractivity contribution in [3.63, 3.8) is 0 Å². The summed E-state index contributed by atoms with van der Waals surface area (Å²) in [5.41, 5.74) is 10.5. The molecule has 1 aromatic heterocycles. The first kappa shape index (κ1) is 24.1. The first-order valence-electron chi connectivity index (χ1n) is 8.63. The fourth-order valence-corrected chi connectivity index (χ4v) is 6.40. The lowest BCUT2D eigenvalue weighted by Gasteiger charge is -2.49. The smallest absolute Gasteiger partial charge is 0.353 e. The van der Waals surface area contributed by atoms with Crippen LogP contribution < -0.4 is 16.8 Å². The summed E-state index contributed by atoms with van der Waals surface area (Å²) in [6.45, 7) is 1.61. The molecule has 0 bridgehead atoms. The number of amides is 2. The highest BCUT2D eigenvalue weighted by Crippen LogP contribution is 2.43. The zero-order valence-corrected chi connectivity index (χ0v) is 20.2. The molecule has 32 heavy (non-hydrogen) atoms. The largest absolute Gasteiger partial charge is 0.477 e. The third kappa shape index (κ3) is 4.77. The number of fused-ring (bicyclic) bond motifs is 1. The van der Waals surface area contributed by atoms with Crippen LogP contribution in [0.5, 0.6) is 0 Å². The zero-order chi connectivity index (χ0) is 23.6. The Morgan fingerprint density at radius 2 is 2.19 bits per heavy atom. The molecule has 0 saturated carbocycles. The third-order valence-electron chi connectivity index (χ3n) is 4.11. The molecular formula is C16H16BrN7O5S3. The molecule has 0 aliphatic carbocycles. The van der Waals surface area contributed by atoms with Crippen LogP contribution >= 0.6 is 50.8 Å². The number of carboxylic acids is 1. The molecule has 7 N–H and O–H groups in total. The van der Waals surface area contributed by atoms with Crippen molar-refractivity contribution in [1.82, 2.24) is 15.2 Å². The number of hydrogen-bond acceptors (Lipinski definition) is 11. The average molecular weight is 562 g/mol. The topological polar surface area (TPSA) is 197 Å². The summed E-state index contributed by atoms with van der Waals surface area (Å²) in [4.78, 5) is 46.6. The lowest BCUT2D eigenvalue weighted by molar-refractivity contribution is -0.150. The highest BCUT2D eigenvalue weighted by Gasteiger charge is 2.54. The van der Waals surface area contributed by atoms with Crippen molar-refractivity contribution in [2.45, 2.75) is 18.3 Å². The number of rotatable bonds is 7. The quantitative estimate of drug-likeness (QED) is 0.105. The van der Waals surface area contributed by atoms with Gasteiger partial charge in [-0.05, 0) is 28.3 Å². The number of aliphatic imine (C=N–C) groups is 1. The summed E-state index contributed by atoms with van der Waals surface area (Å²) < 4.78 is 0.381. The van der Waals surface area contributed by atoms with Crippen LogP contribution in [-0.2, 0) is 14.4 Å². The molecule has 2 atom stereocenters. The number of aromatic nitrogens is 1. The van der Waals surface area contributed by atoms with E-state index in [0.717, 1.165) is 28.0 Å². The normalized spacial score (nSPS) is 21.6. The number of aliphatic carboxylic acids is 1. The number of carbonyl (C=O) groups is 3. The van der Waals surface area contributed by atoms with E-state index in [4.69, 9.17) is 11.5 Å². The average Bonchev–Trinajstić information content (AvgIpc) is 3.06. The van der Waals surface area contributed by atoms with Crippen LogP contribution in [0, 0.1) is 0 Å². The first-order valence-corrected chi connectivity index (χ1v) is 12.2. The maximum atomic E-state index is 12.7. The molecule has 1 unspecified atom stereocenters. The number of thiazole rings is 1. The van der Waals surface area contributed by atoms with Crippen molar-refractivity contribution < 1.29 is 24.7 Å². The summed E-state index contributed by atoms with van der Waals surface area (Å²) >= 11 is 6.64. The summed E-state index contributed by atoms with van der Waals surface area (Å²) in [7, 11) is 0. The van der Waals surface area contributed by atoms with Crippen molar-refractivity contribution in [1.29, 1.82) is 0 Å². The lowest BCUT2D eigenvalue weighted by atomic mass is 10.0. The molecule has 2 aliphatic rings. The Kier molecular flexibility index (Phi) is 7.47. The third-order valence-corrected chi connectivity index (χ3v) is 7.99. The number of nitrogen functional groups attached to an aromatic ring is 1. The predicted octanol–water partition coefficient (Wildman–Crippen LogP) is 0.944. The van der Waals surface area contributed by atoms with Crippen LogP contribution in [0.15, 0.2) is 36.1 Å². The van der Waals surface area contributed by atoms with Gasteiger partial charge in [-0.25, -0.2) is 14.8 Å². The van der Waals surface area contributed by atoms with E-state index in [2.05, 4.69) is 36.4 Å². The summed E-state index contributed by atoms with van der Waals surface area (Å²) in [6, 6.07) is -1.00. The van der Waals surface area contributed by atoms with E-state index >= 15 is 0 Å². The van der Waals surface area contributed by atoms with Gasteiger partial charge in [-0.1, -0.05) is 28.3 Å². The zero-order valence-electron chi connectivity index (χ0n) is 16.2. The van der Waals surface area contributed by atoms with Crippen molar-refractivity contribution >= 4 is 85.3 Å². The van der Waals surface area contributed by atoms with Gasteiger partial charge in [0, 0.05) is 16.9 Å². The van der Waals surface area contributed by atoms with E-state index in [1.807, 2.05) is 0 Å². The van der Waals surface area contributed by atoms with Crippen LogP contribution in [0.3, 0.4) is 0 Å². The Hall–Kier alpha value is -2.56. The van der Waals surface area contributed by atoms with Gasteiger partial charge in [-0.15, -0.1) is 11.8 Å². The predicted molar refractivity (Wildman–Crippen MR) is 126 cm³/mol. The van der Waals surface area contributed by atoms with Crippen molar-refractivity contribution in [3.05, 3.63) is 31.7 Å². The van der Waals surface area contributed by atoms with E-state index in [1.165, 1.54) is 18.0 Å². The highest BCUT2D eigenvalue weighted by molar-refractivity contribution is 9.11. The van der Waals surface area contributed by atoms with Gasteiger partial charge in [0.15, 0.2) is 10.8 Å². The maximum Gasteiger partial charge on any atom is 0.353 e. The van der Waals surface area contributed by atoms with Gasteiger partial charge >= 0.3 is 5.97 Å². The summed E-state index contributed by atoms with van der Waals surface area (Å²) in [5, 5.41) is 25.5. The Balaban J connectivity index is 1.76. The number of nitrogens with two attached hydrogens (primary N) is 2. The van der Waals surface area contributed by atoms with E-state index in [1.54, 1.807) is 12.3 Å². The Morgan fingerprint density at radius 3 is 2.75 bits per heavy atom. The minimum Gasteiger partial charge on any atom is -0.477 e. The van der Waals surface area contributed by atoms with E-state index in [0.29, 0.717) is 20.3 Å². The SMILES string of the molecule is CC(N)=N/C=C\SC1=C(C(=O)O)N2C(=O)C(NC(=O)/C(=N\O)c3nc(N)sc3Br)[C@H]2SC1. The monoisotopic (exact) mass is 561 g/mol. The fourth-order valence-electron chi connectivity index (χ4n) is 2.81. The molecular weight excluding hydrogens is 546 g/mol. The molecule has 16 heteroatoms. The van der Waals surface area contributed by atoms with Gasteiger partial charge in [0.25, 0.3) is 11.8 Å². The van der Waals surface area contributed by atoms with Gasteiger partial charge in [0.05, 0.1) is 5.84 Å². The van der Waals surface area contributed by atoms with Gasteiger partial charge in [0.1, 0.15) is 26.6 Å². The van der Waals surface area contributed by atoms with Gasteiger partial charge in [-0.3, -0.25) is 14.5 Å². The van der Waals surface area contributed by atoms with Gasteiger partial charge in [-0.2, -0.15) is 0 Å². The lowest BCUT2D eigenvalue weighted by Crippen LogP contribution is -2.71. The number of amidine groups is 1. The maximum absolute atomic E-state index is 12.7. The Bertz CT molecular complexity index is 1100. The molecule has 2 amide bonds. The molecule has 2 aliphatic heterocycles. The number of anilines is 1. The van der Waals surface area contributed by atoms with Crippen molar-refractivity contribution in [2.24, 2.45) is 15.9 Å². The highest BCUT2D eigenvalue weighted by atomic mass is 79.9. The van der Waals surface area contributed by atoms with Crippen LogP contribution in [0.2, 0.25) is 0 Å². The van der Waals surface area contributed by atoms with E-state index in [-0.39, 0.29) is 16.5 Å². The molecule has 0 aromatic carbocycles. The molecule has 1 saturated heterocycles. The first-order chi connectivity index (χ1) is 15.1. The second-order valence-electron chi connectivity index (χ2n) is 6.23. The number of nitrogens with zero attached hydrogens (tertiary/aromatic N) is 4. The summed E-state index contributed by atoms with van der Waals surface area (Å²) in [6.07, 6.45) is 1.43. The van der Waals surface area contributed by atoms with E-state index in [9.17, 15) is 24.7 Å². The molecule has 3 heterocycles. The number of carbonyl (C=O) groups excluding carboxylic acids is 2. The molecule has 1 fully saturated rings. The van der Waals surface area contributed by atoms with Crippen molar-refractivity contribution in [3.8, 4) is 0 Å². The minimum absolute atomic E-state index is 0.0272. The molecule has 3 rings (SSSR count). The number of β-lactam (4-membered cyclic amide) rings is 1. The number of hydrogen-bond donors (Lipinski definition) is 5. The second kappa shape index (κ2) is 9.93. The molecule has 12 nitrogen and oxygen atoms in total. The number of oxime groups is 1. The van der Waals surface area contributed by atoms with Crippen molar-refractivity contribution in [2.75, 3.05) is 11.5 Å². The number of thioether (sulfide) groups is 2. The second-order valence-corrected chi connectivity index (χ2v) is 10.7. The van der Waals surface area contributed by atoms with Crippen LogP contribution in [0.25, 0.3) is 0 Å². The standard InChI is InChI=1S/C16H16BrN7O5S3/c1-5(18)20-2-3-30-6-4-31-14-9(13(26)24(14)10(6)15(27)28)21-12(25)8(23-29)7-11(17)32-16(19)22-7/h2-3,9,14,29H,4H2,1H3,(H2,18,20)(H2,19,22)(H,21,25)(H,27,28)/b3-2-,23-8-/t9?,14-/m1/s1.